The molecule has 0 aliphatic heterocycles. The van der Waals surface area contributed by atoms with Crippen LogP contribution in [-0.4, -0.2) is 19.0 Å². The second-order valence-electron chi connectivity index (χ2n) is 2.12. The van der Waals surface area contributed by atoms with Crippen molar-refractivity contribution < 1.29 is 4.79 Å². The summed E-state index contributed by atoms with van der Waals surface area (Å²) in [4.78, 5) is 14.7. The molecule has 0 fully saturated rings. The molecule has 0 rings (SSSR count). The largest absolute Gasteiger partial charge is 0.295 e. The van der Waals surface area contributed by atoms with E-state index in [1.165, 1.54) is 0 Å². The van der Waals surface area contributed by atoms with Gasteiger partial charge >= 0.3 is 0 Å². The summed E-state index contributed by atoms with van der Waals surface area (Å²) in [5.74, 6) is 0.0966. The summed E-state index contributed by atoms with van der Waals surface area (Å²) in [7, 11) is 1.68. The first-order valence-electron chi connectivity index (χ1n) is 3.45. The van der Waals surface area contributed by atoms with Crippen LogP contribution in [-0.2, 0) is 4.79 Å². The van der Waals surface area contributed by atoms with Crippen molar-refractivity contribution in [3.05, 3.63) is 10.1 Å². The first-order valence-corrected chi connectivity index (χ1v) is 4.24. The minimum Gasteiger partial charge on any atom is -0.295 e. The van der Waals surface area contributed by atoms with Crippen LogP contribution < -0.4 is 0 Å². The van der Waals surface area contributed by atoms with Crippen molar-refractivity contribution in [3.8, 4) is 0 Å². The first-order chi connectivity index (χ1) is 5.13. The molecule has 0 aromatic heterocycles. The van der Waals surface area contributed by atoms with Crippen LogP contribution in [0.2, 0.25) is 0 Å². The Kier molecular flexibility index (Phi) is 5.03. The molecule has 0 heterocycles. The molecule has 11 heavy (non-hydrogen) atoms. The molecule has 62 valence electrons. The maximum atomic E-state index is 10.9. The summed E-state index contributed by atoms with van der Waals surface area (Å²) in [5.41, 5.74) is 0.788. The van der Waals surface area contributed by atoms with E-state index in [9.17, 15) is 4.79 Å². The molecule has 0 amide bonds. The van der Waals surface area contributed by atoms with E-state index < -0.39 is 0 Å². The highest BCUT2D eigenvalue weighted by atomic mass is 79.9. The number of ketones is 1. The Balaban J connectivity index is 4.67. The van der Waals surface area contributed by atoms with Gasteiger partial charge in [0, 0.05) is 23.3 Å². The summed E-state index contributed by atoms with van der Waals surface area (Å²) < 4.78 is 0.787. The van der Waals surface area contributed by atoms with Gasteiger partial charge in [0.1, 0.15) is 0 Å². The van der Waals surface area contributed by atoms with Gasteiger partial charge in [0.2, 0.25) is 0 Å². The average molecular weight is 218 g/mol. The zero-order valence-electron chi connectivity index (χ0n) is 7.02. The van der Waals surface area contributed by atoms with E-state index in [2.05, 4.69) is 20.9 Å². The number of hydrogen-bond acceptors (Lipinski definition) is 2. The van der Waals surface area contributed by atoms with Crippen LogP contribution in [0.4, 0.5) is 0 Å². The van der Waals surface area contributed by atoms with Gasteiger partial charge in [0.05, 0.1) is 0 Å². The van der Waals surface area contributed by atoms with E-state index in [4.69, 9.17) is 0 Å². The predicted molar refractivity (Wildman–Crippen MR) is 51.3 cm³/mol. The van der Waals surface area contributed by atoms with Gasteiger partial charge in [-0.15, -0.1) is 0 Å². The molecule has 2 nitrogen and oxygen atoms in total. The van der Waals surface area contributed by atoms with Crippen LogP contribution in [0, 0.1) is 0 Å². The summed E-state index contributed by atoms with van der Waals surface area (Å²) in [6.07, 6.45) is 2.38. The number of nitrogens with zero attached hydrogens (tertiary/aromatic N) is 1. The summed E-state index contributed by atoms with van der Waals surface area (Å²) >= 11 is 3.27. The van der Waals surface area contributed by atoms with Gasteiger partial charge < -0.3 is 0 Å². The quantitative estimate of drug-likeness (QED) is 0.528. The zero-order valence-corrected chi connectivity index (χ0v) is 8.60. The van der Waals surface area contributed by atoms with Gasteiger partial charge in [0.25, 0.3) is 0 Å². The topological polar surface area (TPSA) is 29.4 Å². The Morgan fingerprint density at radius 1 is 1.64 bits per heavy atom. The molecule has 0 N–H and O–H groups in total. The molecule has 3 heteroatoms. The third kappa shape index (κ3) is 3.46. The normalized spacial score (nSPS) is 13.5. The highest BCUT2D eigenvalue weighted by Crippen LogP contribution is 2.13. The number of aliphatic imine (C=N–C) groups is 1. The van der Waals surface area contributed by atoms with Crippen LogP contribution in [0.15, 0.2) is 15.0 Å². The SMILES string of the molecule is CC/C(C(C)=O)=C(Br)\C=N/C. The molecule has 0 bridgehead atoms. The van der Waals surface area contributed by atoms with Crippen molar-refractivity contribution in [2.24, 2.45) is 4.99 Å². The number of allylic oxidation sites excluding steroid dienone is 2. The van der Waals surface area contributed by atoms with Gasteiger partial charge in [-0.05, 0) is 29.3 Å². The highest BCUT2D eigenvalue weighted by Gasteiger charge is 2.04. The number of hydrogen-bond donors (Lipinski definition) is 0. The van der Waals surface area contributed by atoms with Crippen molar-refractivity contribution in [1.29, 1.82) is 0 Å². The van der Waals surface area contributed by atoms with Gasteiger partial charge in [-0.2, -0.15) is 0 Å². The minimum absolute atomic E-state index is 0.0966. The Hall–Kier alpha value is -0.440. The maximum absolute atomic E-state index is 10.9. The Labute approximate surface area is 75.5 Å². The smallest absolute Gasteiger partial charge is 0.156 e. The molecule has 0 aliphatic rings. The molecule has 0 aromatic carbocycles. The summed E-state index contributed by atoms with van der Waals surface area (Å²) in [6.45, 7) is 3.51. The van der Waals surface area contributed by atoms with Gasteiger partial charge in [-0.1, -0.05) is 6.92 Å². The van der Waals surface area contributed by atoms with Crippen molar-refractivity contribution in [2.45, 2.75) is 20.3 Å². The predicted octanol–water partition coefficient (Wildman–Crippen LogP) is 2.33. The molecular weight excluding hydrogens is 206 g/mol. The third-order valence-electron chi connectivity index (χ3n) is 1.31. The number of rotatable bonds is 3. The van der Waals surface area contributed by atoms with Gasteiger partial charge in [-0.25, -0.2) is 0 Å². The molecule has 0 saturated heterocycles. The van der Waals surface area contributed by atoms with Crippen molar-refractivity contribution in [2.75, 3.05) is 7.05 Å². The Morgan fingerprint density at radius 3 is 2.45 bits per heavy atom. The number of carbonyl (C=O) groups excluding carboxylic acids is 1. The molecule has 0 spiro atoms. The van der Waals surface area contributed by atoms with E-state index in [-0.39, 0.29) is 5.78 Å². The fraction of sp³-hybridized carbons (Fsp3) is 0.500. The lowest BCUT2D eigenvalue weighted by molar-refractivity contribution is -0.113. The monoisotopic (exact) mass is 217 g/mol. The number of Topliss-reactive ketones (excluding diaryl/α,β-unsaturated/α-hetero) is 1. The van der Waals surface area contributed by atoms with Crippen LogP contribution in [0.1, 0.15) is 20.3 Å². The average Bonchev–Trinajstić information content (AvgIpc) is 1.88. The fourth-order valence-corrected chi connectivity index (χ4v) is 1.54. The molecule has 0 saturated carbocycles. The van der Waals surface area contributed by atoms with Crippen LogP contribution in [0.5, 0.6) is 0 Å². The van der Waals surface area contributed by atoms with E-state index in [0.717, 1.165) is 16.5 Å². The Bertz CT molecular complexity index is 206. The molecular formula is C8H12BrNO. The van der Waals surface area contributed by atoms with E-state index in [1.807, 2.05) is 6.92 Å². The molecule has 0 aromatic rings. The van der Waals surface area contributed by atoms with E-state index in [0.29, 0.717) is 0 Å². The molecule has 0 radical (unpaired) electrons. The van der Waals surface area contributed by atoms with Crippen LogP contribution >= 0.6 is 15.9 Å². The fourth-order valence-electron chi connectivity index (χ4n) is 0.777. The summed E-state index contributed by atoms with van der Waals surface area (Å²) in [6, 6.07) is 0. The van der Waals surface area contributed by atoms with Gasteiger partial charge in [0.15, 0.2) is 5.78 Å². The van der Waals surface area contributed by atoms with Crippen molar-refractivity contribution >= 4 is 27.9 Å². The Morgan fingerprint density at radius 2 is 2.18 bits per heavy atom. The second kappa shape index (κ2) is 5.24. The number of halogens is 1. The van der Waals surface area contributed by atoms with Crippen LogP contribution in [0.25, 0.3) is 0 Å². The minimum atomic E-state index is 0.0966. The lowest BCUT2D eigenvalue weighted by atomic mass is 10.1. The molecule has 0 atom stereocenters. The highest BCUT2D eigenvalue weighted by molar-refractivity contribution is 9.12. The van der Waals surface area contributed by atoms with Crippen molar-refractivity contribution in [3.63, 3.8) is 0 Å². The standard InChI is InChI=1S/C8H12BrNO/c1-4-7(6(2)11)8(9)5-10-3/h5H,4H2,1-3H3/b8-7-,10-5-. The van der Waals surface area contributed by atoms with E-state index >= 15 is 0 Å². The summed E-state index contributed by atoms with van der Waals surface area (Å²) in [5, 5.41) is 0. The first kappa shape index (κ1) is 10.6. The molecule has 0 unspecified atom stereocenters. The maximum Gasteiger partial charge on any atom is 0.156 e. The molecule has 0 aliphatic carbocycles. The van der Waals surface area contributed by atoms with Crippen LogP contribution in [0.3, 0.4) is 0 Å². The lowest BCUT2D eigenvalue weighted by Gasteiger charge is -1.99. The van der Waals surface area contributed by atoms with Crippen molar-refractivity contribution in [1.82, 2.24) is 0 Å². The second-order valence-corrected chi connectivity index (χ2v) is 2.98. The number of carbonyl (C=O) groups is 1. The zero-order chi connectivity index (χ0) is 8.85. The van der Waals surface area contributed by atoms with E-state index in [1.54, 1.807) is 20.2 Å². The third-order valence-corrected chi connectivity index (χ3v) is 1.99. The lowest BCUT2D eigenvalue weighted by Crippen LogP contribution is -1.97. The van der Waals surface area contributed by atoms with Gasteiger partial charge in [-0.3, -0.25) is 9.79 Å².